The fourth-order valence-corrected chi connectivity index (χ4v) is 2.45. The van der Waals surface area contributed by atoms with E-state index < -0.39 is 0 Å². The first-order valence-electron chi connectivity index (χ1n) is 9.25. The smallest absolute Gasteiger partial charge is 0.0773 e. The molecule has 0 heterocycles. The van der Waals surface area contributed by atoms with Crippen molar-refractivity contribution < 1.29 is 25.2 Å². The second kappa shape index (κ2) is 25.0. The molecule has 0 amide bonds. The van der Waals surface area contributed by atoms with Crippen LogP contribution in [0, 0.1) is 0 Å². The van der Waals surface area contributed by atoms with Gasteiger partial charge in [-0.1, -0.05) is 71.1 Å². The number of ether oxygens (including phenoxy) is 2. The minimum atomic E-state index is -0.355. The summed E-state index contributed by atoms with van der Waals surface area (Å²) in [5.41, 5.74) is 0. The van der Waals surface area contributed by atoms with Crippen molar-refractivity contribution >= 4 is 0 Å². The van der Waals surface area contributed by atoms with E-state index in [0.717, 1.165) is 12.8 Å². The molecule has 0 aliphatic heterocycles. The van der Waals surface area contributed by atoms with Crippen LogP contribution in [0.4, 0.5) is 0 Å². The highest BCUT2D eigenvalue weighted by molar-refractivity contribution is 4.55. The van der Waals surface area contributed by atoms with Crippen LogP contribution in [-0.4, -0.2) is 54.8 Å². The predicted molar refractivity (Wildman–Crippen MR) is 99.8 cm³/mol. The van der Waals surface area contributed by atoms with Crippen LogP contribution in [-0.2, 0) is 9.47 Å². The zero-order chi connectivity index (χ0) is 16.3. The number of hydrogen-bond acceptors (Lipinski definition) is 5. The molecule has 0 fully saturated rings. The van der Waals surface area contributed by atoms with Gasteiger partial charge in [0.05, 0.1) is 39.1 Å². The minimum absolute atomic E-state index is 0. The zero-order valence-corrected chi connectivity index (χ0v) is 15.8. The third-order valence-corrected chi connectivity index (χ3v) is 3.81. The summed E-state index contributed by atoms with van der Waals surface area (Å²) in [6.07, 6.45) is 13.6. The quantitative estimate of drug-likeness (QED) is 0.327. The van der Waals surface area contributed by atoms with Crippen molar-refractivity contribution in [3.8, 4) is 0 Å². The van der Waals surface area contributed by atoms with Gasteiger partial charge in [-0.25, -0.2) is 0 Å². The largest absolute Gasteiger partial charge is 0.412 e. The van der Waals surface area contributed by atoms with Crippen LogP contribution < -0.4 is 6.15 Å². The molecule has 0 aliphatic rings. The van der Waals surface area contributed by atoms with Gasteiger partial charge in [0.25, 0.3) is 0 Å². The third-order valence-electron chi connectivity index (χ3n) is 3.81. The van der Waals surface area contributed by atoms with E-state index in [2.05, 4.69) is 6.92 Å². The minimum Gasteiger partial charge on any atom is -0.412 e. The summed E-state index contributed by atoms with van der Waals surface area (Å²) in [7, 11) is 0. The second-order valence-corrected chi connectivity index (χ2v) is 6.04. The van der Waals surface area contributed by atoms with Gasteiger partial charge in [-0.15, -0.1) is 0 Å². The van der Waals surface area contributed by atoms with Crippen molar-refractivity contribution in [3.05, 3.63) is 0 Å². The Balaban J connectivity index is -0.00000220. The molecule has 0 bridgehead atoms. The van der Waals surface area contributed by atoms with Gasteiger partial charge < -0.3 is 31.3 Å². The number of aliphatic hydroxyl groups excluding tert-OH is 2. The lowest BCUT2D eigenvalue weighted by Crippen LogP contribution is -2.17. The maximum absolute atomic E-state index is 9.77. The Morgan fingerprint density at radius 2 is 1.25 bits per heavy atom. The van der Waals surface area contributed by atoms with Crippen LogP contribution in [0.1, 0.15) is 77.6 Å². The summed E-state index contributed by atoms with van der Waals surface area (Å²) in [6, 6.07) is 0. The first-order chi connectivity index (χ1) is 10.8. The van der Waals surface area contributed by atoms with Gasteiger partial charge in [0.15, 0.2) is 0 Å². The summed E-state index contributed by atoms with van der Waals surface area (Å²) >= 11 is 0. The molecule has 6 heteroatoms. The Hall–Kier alpha value is -0.240. The Labute approximate surface area is 148 Å². The fraction of sp³-hybridized carbons (Fsp3) is 1.00. The molecule has 24 heavy (non-hydrogen) atoms. The third kappa shape index (κ3) is 24.0. The van der Waals surface area contributed by atoms with E-state index >= 15 is 0 Å². The maximum atomic E-state index is 9.77. The lowest BCUT2D eigenvalue weighted by Gasteiger charge is -2.11. The zero-order valence-electron chi connectivity index (χ0n) is 15.8. The van der Waals surface area contributed by atoms with E-state index in [1.165, 1.54) is 57.8 Å². The molecule has 0 aromatic heterocycles. The van der Waals surface area contributed by atoms with Gasteiger partial charge in [0, 0.05) is 0 Å². The molecular weight excluding hydrogens is 310 g/mol. The van der Waals surface area contributed by atoms with Gasteiger partial charge in [-0.3, -0.25) is 0 Å². The summed E-state index contributed by atoms with van der Waals surface area (Å²) in [4.78, 5) is 0. The van der Waals surface area contributed by atoms with Crippen LogP contribution >= 0.6 is 0 Å². The molecule has 0 saturated carbocycles. The van der Waals surface area contributed by atoms with E-state index in [9.17, 15) is 5.11 Å². The Kier molecular flexibility index (Phi) is 29.8. The van der Waals surface area contributed by atoms with Crippen molar-refractivity contribution in [2.45, 2.75) is 83.7 Å². The molecule has 0 aromatic carbocycles. The van der Waals surface area contributed by atoms with Crippen LogP contribution in [0.2, 0.25) is 0 Å². The number of unbranched alkanes of at least 4 members (excludes halogenated alkanes) is 9. The van der Waals surface area contributed by atoms with Gasteiger partial charge in [-0.2, -0.15) is 0 Å². The van der Waals surface area contributed by atoms with Crippen molar-refractivity contribution in [1.29, 1.82) is 0 Å². The van der Waals surface area contributed by atoms with E-state index in [4.69, 9.17) is 14.6 Å². The lowest BCUT2D eigenvalue weighted by atomic mass is 10.0. The van der Waals surface area contributed by atoms with Crippen molar-refractivity contribution in [2.75, 3.05) is 33.0 Å². The van der Waals surface area contributed by atoms with Crippen LogP contribution in [0.5, 0.6) is 0 Å². The summed E-state index contributed by atoms with van der Waals surface area (Å²) in [6.45, 7) is 4.00. The number of rotatable bonds is 18. The van der Waals surface area contributed by atoms with Gasteiger partial charge in [0.1, 0.15) is 0 Å². The normalized spacial score (nSPS) is 11.6. The van der Waals surface area contributed by atoms with E-state index in [1.54, 1.807) is 0 Å². The van der Waals surface area contributed by atoms with Crippen molar-refractivity contribution in [1.82, 2.24) is 6.15 Å². The number of aliphatic hydroxyl groups is 2. The molecule has 0 spiro atoms. The van der Waals surface area contributed by atoms with E-state index in [0.29, 0.717) is 26.4 Å². The summed E-state index contributed by atoms with van der Waals surface area (Å²) < 4.78 is 10.4. The predicted octanol–water partition coefficient (Wildman–Crippen LogP) is 3.02. The molecule has 0 aromatic rings. The molecule has 0 radical (unpaired) electrons. The van der Waals surface area contributed by atoms with Gasteiger partial charge >= 0.3 is 0 Å². The van der Waals surface area contributed by atoms with Crippen molar-refractivity contribution in [3.63, 3.8) is 0 Å². The van der Waals surface area contributed by atoms with Crippen LogP contribution in [0.3, 0.4) is 0 Å². The van der Waals surface area contributed by atoms with Crippen LogP contribution in [0.15, 0.2) is 0 Å². The molecular formula is C18H43NO5. The Bertz CT molecular complexity index is 208. The topological polar surface area (TPSA) is 125 Å². The average molecular weight is 354 g/mol. The second-order valence-electron chi connectivity index (χ2n) is 6.04. The Morgan fingerprint density at radius 3 is 1.79 bits per heavy atom. The van der Waals surface area contributed by atoms with Crippen LogP contribution in [0.25, 0.3) is 0 Å². The standard InChI is InChI=1S/C18H38O4.H3N.H2O/c1-2-3-4-5-6-7-8-9-10-11-12-18(20)17-22-16-15-21-14-13-19;;/h18-20H,2-17H2,1H3;1H3;1H2. The first kappa shape index (κ1) is 28.6. The van der Waals surface area contributed by atoms with Gasteiger partial charge in [0.2, 0.25) is 0 Å². The number of hydrogen-bond donors (Lipinski definition) is 3. The monoisotopic (exact) mass is 353 g/mol. The SMILES string of the molecule is CCCCCCCCCCCCC(O)COCCOCCO.N.O. The molecule has 0 saturated heterocycles. The average Bonchev–Trinajstić information content (AvgIpc) is 2.52. The molecule has 0 aliphatic carbocycles. The highest BCUT2D eigenvalue weighted by Crippen LogP contribution is 2.12. The fourth-order valence-electron chi connectivity index (χ4n) is 2.45. The highest BCUT2D eigenvalue weighted by atomic mass is 16.5. The summed E-state index contributed by atoms with van der Waals surface area (Å²) in [5.74, 6) is 0. The van der Waals surface area contributed by atoms with E-state index in [-0.39, 0.29) is 24.3 Å². The molecule has 150 valence electrons. The maximum Gasteiger partial charge on any atom is 0.0773 e. The molecule has 7 N–H and O–H groups in total. The molecule has 1 atom stereocenters. The van der Waals surface area contributed by atoms with Crippen molar-refractivity contribution in [2.24, 2.45) is 0 Å². The first-order valence-corrected chi connectivity index (χ1v) is 9.25. The van der Waals surface area contributed by atoms with Gasteiger partial charge in [-0.05, 0) is 6.42 Å². The Morgan fingerprint density at radius 1 is 0.750 bits per heavy atom. The highest BCUT2D eigenvalue weighted by Gasteiger charge is 2.03. The van der Waals surface area contributed by atoms with E-state index in [1.807, 2.05) is 0 Å². The molecule has 0 rings (SSSR count). The lowest BCUT2D eigenvalue weighted by molar-refractivity contribution is -0.00465. The molecule has 1 unspecified atom stereocenters. The molecule has 6 nitrogen and oxygen atoms in total. The summed E-state index contributed by atoms with van der Waals surface area (Å²) in [5, 5.41) is 18.3.